The third-order valence-electron chi connectivity index (χ3n) is 2.56. The van der Waals surface area contributed by atoms with Crippen molar-refractivity contribution in [2.24, 2.45) is 0 Å². The molecule has 1 aromatic carbocycles. The summed E-state index contributed by atoms with van der Waals surface area (Å²) in [5.74, 6) is -0.828. The topological polar surface area (TPSA) is 67.4 Å². The normalized spacial score (nSPS) is 10.3. The lowest BCUT2D eigenvalue weighted by atomic mass is 10.2. The van der Waals surface area contributed by atoms with Crippen molar-refractivity contribution in [3.8, 4) is 0 Å². The first kappa shape index (κ1) is 17.0. The zero-order chi connectivity index (χ0) is 15.9. The summed E-state index contributed by atoms with van der Waals surface area (Å²) in [5, 5.41) is 0.583. The van der Waals surface area contributed by atoms with Crippen LogP contribution < -0.4 is 10.9 Å². The van der Waals surface area contributed by atoms with Crippen LogP contribution in [-0.2, 0) is 16.1 Å². The molecule has 1 heterocycles. The zero-order valence-corrected chi connectivity index (χ0v) is 14.4. The Morgan fingerprint density at radius 3 is 2.64 bits per heavy atom. The Morgan fingerprint density at radius 1 is 1.18 bits per heavy atom. The number of thiophene rings is 1. The number of nitrogens with one attached hydrogen (secondary N) is 2. The number of amides is 2. The van der Waals surface area contributed by atoms with Crippen molar-refractivity contribution in [2.75, 3.05) is 6.61 Å². The molecule has 0 radical (unpaired) electrons. The van der Waals surface area contributed by atoms with Crippen LogP contribution in [0.2, 0.25) is 5.02 Å². The highest BCUT2D eigenvalue weighted by Gasteiger charge is 2.10. The molecule has 0 spiro atoms. The van der Waals surface area contributed by atoms with Gasteiger partial charge >= 0.3 is 0 Å². The number of ether oxygens (including phenoxy) is 1. The maximum atomic E-state index is 11.7. The number of rotatable bonds is 5. The Bertz CT molecular complexity index is 678. The Balaban J connectivity index is 1.70. The molecular formula is C14H12BrClN2O3S. The van der Waals surface area contributed by atoms with E-state index < -0.39 is 5.91 Å². The fourth-order valence-corrected chi connectivity index (χ4v) is 3.00. The lowest BCUT2D eigenvalue weighted by molar-refractivity contribution is -0.126. The number of hydrazine groups is 1. The molecule has 22 heavy (non-hydrogen) atoms. The van der Waals surface area contributed by atoms with Gasteiger partial charge in [0, 0.05) is 5.02 Å². The van der Waals surface area contributed by atoms with Crippen molar-refractivity contribution >= 4 is 50.7 Å². The molecule has 0 fully saturated rings. The van der Waals surface area contributed by atoms with Gasteiger partial charge in [0.15, 0.2) is 0 Å². The van der Waals surface area contributed by atoms with Crippen molar-refractivity contribution < 1.29 is 14.3 Å². The number of halogens is 2. The van der Waals surface area contributed by atoms with Crippen molar-refractivity contribution in [3.63, 3.8) is 0 Å². The molecule has 0 bridgehead atoms. The molecular weight excluding hydrogens is 392 g/mol. The van der Waals surface area contributed by atoms with Crippen LogP contribution in [0.1, 0.15) is 15.2 Å². The van der Waals surface area contributed by atoms with Gasteiger partial charge < -0.3 is 4.74 Å². The molecule has 2 N–H and O–H groups in total. The number of carbonyl (C=O) groups excluding carboxylic acids is 2. The summed E-state index contributed by atoms with van der Waals surface area (Å²) in [4.78, 5) is 23.8. The van der Waals surface area contributed by atoms with E-state index in [1.165, 1.54) is 11.3 Å². The van der Waals surface area contributed by atoms with Crippen LogP contribution in [0.4, 0.5) is 0 Å². The SMILES string of the molecule is O=C(COCc1ccccc1Cl)NNC(=O)c1ccc(Br)s1. The first-order chi connectivity index (χ1) is 10.6. The van der Waals surface area contributed by atoms with E-state index >= 15 is 0 Å². The third kappa shape index (κ3) is 5.10. The molecule has 116 valence electrons. The van der Waals surface area contributed by atoms with E-state index in [1.807, 2.05) is 18.2 Å². The van der Waals surface area contributed by atoms with E-state index in [-0.39, 0.29) is 19.1 Å². The number of hydrogen-bond acceptors (Lipinski definition) is 4. The first-order valence-electron chi connectivity index (χ1n) is 6.22. The monoisotopic (exact) mass is 402 g/mol. The highest BCUT2D eigenvalue weighted by atomic mass is 79.9. The van der Waals surface area contributed by atoms with Gasteiger partial charge in [0.25, 0.3) is 11.8 Å². The maximum Gasteiger partial charge on any atom is 0.279 e. The van der Waals surface area contributed by atoms with Gasteiger partial charge in [-0.05, 0) is 39.7 Å². The molecule has 1 aromatic heterocycles. The van der Waals surface area contributed by atoms with Crippen LogP contribution in [0, 0.1) is 0 Å². The molecule has 0 atom stereocenters. The van der Waals surface area contributed by atoms with Crippen molar-refractivity contribution in [1.82, 2.24) is 10.9 Å². The number of hydrogen-bond donors (Lipinski definition) is 2. The van der Waals surface area contributed by atoms with E-state index in [0.29, 0.717) is 9.90 Å². The van der Waals surface area contributed by atoms with Crippen LogP contribution in [0.5, 0.6) is 0 Å². The molecule has 2 amide bonds. The minimum atomic E-state index is -0.448. The van der Waals surface area contributed by atoms with Crippen LogP contribution in [0.25, 0.3) is 0 Å². The smallest absolute Gasteiger partial charge is 0.279 e. The summed E-state index contributed by atoms with van der Waals surface area (Å²) in [6, 6.07) is 10.6. The van der Waals surface area contributed by atoms with Crippen LogP contribution in [-0.4, -0.2) is 18.4 Å². The fourth-order valence-electron chi connectivity index (χ4n) is 1.53. The van der Waals surface area contributed by atoms with E-state index in [9.17, 15) is 9.59 Å². The lowest BCUT2D eigenvalue weighted by Crippen LogP contribution is -2.43. The molecule has 2 aromatic rings. The third-order valence-corrected chi connectivity index (χ3v) is 4.55. The van der Waals surface area contributed by atoms with E-state index in [0.717, 1.165) is 9.35 Å². The highest BCUT2D eigenvalue weighted by molar-refractivity contribution is 9.11. The standard InChI is InChI=1S/C14H12BrClN2O3S/c15-12-6-5-11(22-12)14(20)18-17-13(19)8-21-7-9-3-1-2-4-10(9)16/h1-6H,7-8H2,(H,17,19)(H,18,20). The second kappa shape index (κ2) is 8.28. The summed E-state index contributed by atoms with van der Waals surface area (Å²) in [6.07, 6.45) is 0. The first-order valence-corrected chi connectivity index (χ1v) is 8.20. The van der Waals surface area contributed by atoms with Crippen molar-refractivity contribution in [3.05, 3.63) is 55.6 Å². The summed E-state index contributed by atoms with van der Waals surface area (Å²) in [5.41, 5.74) is 5.40. The van der Waals surface area contributed by atoms with Gasteiger partial charge in [0.2, 0.25) is 0 Å². The largest absolute Gasteiger partial charge is 0.367 e. The van der Waals surface area contributed by atoms with Gasteiger partial charge in [-0.15, -0.1) is 11.3 Å². The van der Waals surface area contributed by atoms with Crippen LogP contribution in [0.3, 0.4) is 0 Å². The van der Waals surface area contributed by atoms with Gasteiger partial charge in [-0.25, -0.2) is 0 Å². The average molecular weight is 404 g/mol. The predicted molar refractivity (Wildman–Crippen MR) is 88.7 cm³/mol. The summed E-state index contributed by atoms with van der Waals surface area (Å²) in [6.45, 7) is 0.0402. The molecule has 5 nitrogen and oxygen atoms in total. The van der Waals surface area contributed by atoms with Gasteiger partial charge in [-0.2, -0.15) is 0 Å². The van der Waals surface area contributed by atoms with E-state index in [1.54, 1.807) is 18.2 Å². The lowest BCUT2D eigenvalue weighted by Gasteiger charge is -2.08. The van der Waals surface area contributed by atoms with Crippen molar-refractivity contribution in [1.29, 1.82) is 0 Å². The number of benzene rings is 1. The summed E-state index contributed by atoms with van der Waals surface area (Å²) >= 11 is 10.5. The molecule has 0 saturated carbocycles. The second-order valence-electron chi connectivity index (χ2n) is 4.19. The summed E-state index contributed by atoms with van der Waals surface area (Å²) < 4.78 is 6.09. The molecule has 0 aliphatic rings. The average Bonchev–Trinajstić information content (AvgIpc) is 2.93. The number of carbonyl (C=O) groups is 2. The Morgan fingerprint density at radius 2 is 1.95 bits per heavy atom. The fraction of sp³-hybridized carbons (Fsp3) is 0.143. The van der Waals surface area contributed by atoms with Crippen molar-refractivity contribution in [2.45, 2.75) is 6.61 Å². The van der Waals surface area contributed by atoms with Gasteiger partial charge in [-0.3, -0.25) is 20.4 Å². The minimum Gasteiger partial charge on any atom is -0.367 e. The van der Waals surface area contributed by atoms with E-state index in [2.05, 4.69) is 26.8 Å². The summed E-state index contributed by atoms with van der Waals surface area (Å²) in [7, 11) is 0. The van der Waals surface area contributed by atoms with E-state index in [4.69, 9.17) is 16.3 Å². The second-order valence-corrected chi connectivity index (χ2v) is 7.06. The minimum absolute atomic E-state index is 0.181. The van der Waals surface area contributed by atoms with Crippen LogP contribution in [0.15, 0.2) is 40.2 Å². The maximum absolute atomic E-state index is 11.7. The van der Waals surface area contributed by atoms with Gasteiger partial charge in [-0.1, -0.05) is 29.8 Å². The highest BCUT2D eigenvalue weighted by Crippen LogP contribution is 2.21. The molecule has 0 unspecified atom stereocenters. The zero-order valence-electron chi connectivity index (χ0n) is 11.3. The molecule has 0 aliphatic carbocycles. The Kier molecular flexibility index (Phi) is 6.38. The van der Waals surface area contributed by atoms with Crippen LogP contribution >= 0.6 is 38.9 Å². The molecule has 8 heteroatoms. The van der Waals surface area contributed by atoms with Gasteiger partial charge in [0.1, 0.15) is 6.61 Å². The molecule has 2 rings (SSSR count). The molecule has 0 aliphatic heterocycles. The Hall–Kier alpha value is -1.41. The Labute approximate surface area is 144 Å². The quantitative estimate of drug-likeness (QED) is 0.754. The molecule has 0 saturated heterocycles. The van der Waals surface area contributed by atoms with Gasteiger partial charge in [0.05, 0.1) is 15.3 Å². The predicted octanol–water partition coefficient (Wildman–Crippen LogP) is 3.14.